The third-order valence-corrected chi connectivity index (χ3v) is 5.32. The molecule has 2 N–H and O–H groups in total. The zero-order valence-electron chi connectivity index (χ0n) is 14.7. The van der Waals surface area contributed by atoms with Crippen LogP contribution in [0.4, 0.5) is 4.39 Å². The average Bonchev–Trinajstić information content (AvgIpc) is 2.67. The smallest absolute Gasteiger partial charge is 0.185 e. The van der Waals surface area contributed by atoms with Crippen LogP contribution in [0.15, 0.2) is 41.7 Å². The van der Waals surface area contributed by atoms with E-state index in [4.69, 9.17) is 11.0 Å². The van der Waals surface area contributed by atoms with Gasteiger partial charge in [-0.3, -0.25) is 14.8 Å². The first kappa shape index (κ1) is 19.0. The Morgan fingerprint density at radius 3 is 2.93 bits per heavy atom. The van der Waals surface area contributed by atoms with Gasteiger partial charge < -0.3 is 5.73 Å². The first-order chi connectivity index (χ1) is 12.9. The van der Waals surface area contributed by atoms with Crippen LogP contribution in [0.5, 0.6) is 0 Å². The zero-order chi connectivity index (χ0) is 19.4. The van der Waals surface area contributed by atoms with Crippen LogP contribution in [0, 0.1) is 11.3 Å². The lowest BCUT2D eigenvalue weighted by Crippen LogP contribution is -2.35. The van der Waals surface area contributed by atoms with Gasteiger partial charge in [-0.1, -0.05) is 11.8 Å². The van der Waals surface area contributed by atoms with Crippen molar-refractivity contribution >= 4 is 22.7 Å². The van der Waals surface area contributed by atoms with Crippen LogP contribution in [0.2, 0.25) is 0 Å². The fourth-order valence-corrected chi connectivity index (χ4v) is 4.07. The molecule has 0 amide bonds. The average molecular weight is 383 g/mol. The predicted molar refractivity (Wildman–Crippen MR) is 102 cm³/mol. The summed E-state index contributed by atoms with van der Waals surface area (Å²) in [6.45, 7) is 1.39. The van der Waals surface area contributed by atoms with Crippen molar-refractivity contribution < 1.29 is 9.18 Å². The maximum Gasteiger partial charge on any atom is 0.185 e. The summed E-state index contributed by atoms with van der Waals surface area (Å²) < 4.78 is 13.2. The fraction of sp³-hybridized carbons (Fsp3) is 0.316. The molecule has 1 aliphatic heterocycles. The molecule has 0 aromatic carbocycles. The van der Waals surface area contributed by atoms with Crippen molar-refractivity contribution in [3.05, 3.63) is 59.2 Å². The van der Waals surface area contributed by atoms with E-state index in [1.807, 2.05) is 19.1 Å². The Bertz CT molecular complexity index is 924. The van der Waals surface area contributed by atoms with Gasteiger partial charge in [-0.05, 0) is 43.2 Å². The molecule has 0 radical (unpaired) electrons. The van der Waals surface area contributed by atoms with Crippen molar-refractivity contribution in [3.8, 4) is 6.07 Å². The monoisotopic (exact) mass is 383 g/mol. The van der Waals surface area contributed by atoms with Gasteiger partial charge in [-0.25, -0.2) is 9.38 Å². The van der Waals surface area contributed by atoms with Crippen LogP contribution in [0.25, 0.3) is 0 Å². The minimum absolute atomic E-state index is 0.144. The minimum Gasteiger partial charge on any atom is -0.379 e. The summed E-state index contributed by atoms with van der Waals surface area (Å²) in [6, 6.07) is 8.64. The molecular formula is C19H18FN5OS. The van der Waals surface area contributed by atoms with Crippen LogP contribution in [0.1, 0.15) is 40.7 Å². The van der Waals surface area contributed by atoms with Crippen LogP contribution in [-0.2, 0) is 12.0 Å². The third-order valence-electron chi connectivity index (χ3n) is 4.36. The number of amidine groups is 1. The van der Waals surface area contributed by atoms with E-state index in [2.05, 4.69) is 15.0 Å². The number of ketones is 1. The van der Waals surface area contributed by atoms with Gasteiger partial charge in [0.15, 0.2) is 11.0 Å². The molecule has 0 aliphatic carbocycles. The summed E-state index contributed by atoms with van der Waals surface area (Å²) in [5, 5.41) is 8.89. The summed E-state index contributed by atoms with van der Waals surface area (Å²) in [5.41, 5.74) is 7.26. The highest BCUT2D eigenvalue weighted by molar-refractivity contribution is 8.14. The number of thioether (sulfide) groups is 1. The second-order valence-electron chi connectivity index (χ2n) is 6.52. The van der Waals surface area contributed by atoms with Gasteiger partial charge in [0.05, 0.1) is 11.3 Å². The molecule has 2 aromatic heterocycles. The first-order valence-electron chi connectivity index (χ1n) is 8.36. The Kier molecular flexibility index (Phi) is 5.51. The van der Waals surface area contributed by atoms with Crippen molar-refractivity contribution in [2.45, 2.75) is 30.6 Å². The van der Waals surface area contributed by atoms with Crippen LogP contribution in [-0.4, -0.2) is 32.8 Å². The van der Waals surface area contributed by atoms with Gasteiger partial charge in [0.1, 0.15) is 24.0 Å². The summed E-state index contributed by atoms with van der Waals surface area (Å²) >= 11 is 1.24. The van der Waals surface area contributed by atoms with Gasteiger partial charge in [-0.15, -0.1) is 0 Å². The van der Waals surface area contributed by atoms with Crippen molar-refractivity contribution in [1.29, 1.82) is 5.26 Å². The van der Waals surface area contributed by atoms with Gasteiger partial charge in [0.2, 0.25) is 0 Å². The SMILES string of the molecule is C[C@@]1(c2cc(CC(=O)c3ccc(C#N)cn3)ccn2)C[C@@H](CF)SC(N)=N1. The highest BCUT2D eigenvalue weighted by Gasteiger charge is 2.36. The number of aliphatic imine (C=N–C) groups is 1. The Balaban J connectivity index is 1.82. The minimum atomic E-state index is -0.724. The molecule has 0 fully saturated rings. The van der Waals surface area contributed by atoms with E-state index in [1.54, 1.807) is 24.4 Å². The summed E-state index contributed by atoms with van der Waals surface area (Å²) in [5.74, 6) is -0.161. The number of carbonyl (C=O) groups is 1. The quantitative estimate of drug-likeness (QED) is 0.796. The topological polar surface area (TPSA) is 105 Å². The number of nitrogens with zero attached hydrogens (tertiary/aromatic N) is 4. The summed E-state index contributed by atoms with van der Waals surface area (Å²) in [6.07, 6.45) is 3.62. The number of pyridine rings is 2. The number of nitriles is 1. The second kappa shape index (κ2) is 7.84. The maximum atomic E-state index is 13.2. The molecule has 1 aliphatic rings. The lowest BCUT2D eigenvalue weighted by atomic mass is 9.90. The largest absolute Gasteiger partial charge is 0.379 e. The molecule has 0 bridgehead atoms. The molecule has 27 heavy (non-hydrogen) atoms. The van der Waals surface area contributed by atoms with Crippen molar-refractivity contribution in [3.63, 3.8) is 0 Å². The van der Waals surface area contributed by atoms with E-state index in [0.29, 0.717) is 28.5 Å². The number of hydrogen-bond acceptors (Lipinski definition) is 7. The van der Waals surface area contributed by atoms with E-state index in [9.17, 15) is 9.18 Å². The molecule has 0 saturated heterocycles. The second-order valence-corrected chi connectivity index (χ2v) is 7.84. The number of nitrogens with two attached hydrogens (primary N) is 1. The maximum absolute atomic E-state index is 13.2. The molecule has 2 aromatic rings. The van der Waals surface area contributed by atoms with Crippen LogP contribution < -0.4 is 5.73 Å². The van der Waals surface area contributed by atoms with Gasteiger partial charge in [0.25, 0.3) is 0 Å². The van der Waals surface area contributed by atoms with Gasteiger partial charge in [-0.2, -0.15) is 5.26 Å². The van der Waals surface area contributed by atoms with E-state index < -0.39 is 12.2 Å². The van der Waals surface area contributed by atoms with Crippen molar-refractivity contribution in [1.82, 2.24) is 9.97 Å². The zero-order valence-corrected chi connectivity index (χ0v) is 15.5. The number of halogens is 1. The van der Waals surface area contributed by atoms with E-state index in [-0.39, 0.29) is 17.5 Å². The number of Topliss-reactive ketones (excluding diaryl/α,β-unsaturated/α-hetero) is 1. The standard InChI is InChI=1S/C19H18FN5OS/c1-19(8-14(9-20)27-18(22)25-19)17-7-12(4-5-23-17)6-16(26)15-3-2-13(10-21)11-24-15/h2-5,7,11,14H,6,8-9H2,1H3,(H2,22,25)/t14-,19-/m0/s1. The Morgan fingerprint density at radius 1 is 1.44 bits per heavy atom. The lowest BCUT2D eigenvalue weighted by Gasteiger charge is -2.32. The number of rotatable bonds is 5. The first-order valence-corrected chi connectivity index (χ1v) is 9.24. The van der Waals surface area contributed by atoms with Gasteiger partial charge >= 0.3 is 0 Å². The molecule has 0 saturated carbocycles. The normalized spacial score (nSPS) is 22.0. The Hall–Kier alpha value is -2.79. The van der Waals surface area contributed by atoms with E-state index in [0.717, 1.165) is 5.56 Å². The summed E-state index contributed by atoms with van der Waals surface area (Å²) in [4.78, 5) is 25.4. The molecule has 2 atom stereocenters. The van der Waals surface area contributed by atoms with E-state index in [1.165, 1.54) is 18.0 Å². The number of hydrogen-bond donors (Lipinski definition) is 1. The number of carbonyl (C=O) groups excluding carboxylic acids is 1. The number of aromatic nitrogens is 2. The highest BCUT2D eigenvalue weighted by Crippen LogP contribution is 2.38. The fourth-order valence-electron chi connectivity index (χ4n) is 3.00. The molecule has 8 heteroatoms. The molecule has 3 heterocycles. The molecule has 0 unspecified atom stereocenters. The predicted octanol–water partition coefficient (Wildman–Crippen LogP) is 2.78. The molecular weight excluding hydrogens is 365 g/mol. The van der Waals surface area contributed by atoms with Crippen LogP contribution >= 0.6 is 11.8 Å². The Morgan fingerprint density at radius 2 is 2.26 bits per heavy atom. The highest BCUT2D eigenvalue weighted by atomic mass is 32.2. The van der Waals surface area contributed by atoms with Crippen molar-refractivity contribution in [2.24, 2.45) is 10.7 Å². The molecule has 6 nitrogen and oxygen atoms in total. The van der Waals surface area contributed by atoms with Crippen molar-refractivity contribution in [2.75, 3.05) is 6.67 Å². The molecule has 138 valence electrons. The lowest BCUT2D eigenvalue weighted by molar-refractivity contribution is 0.0988. The molecule has 0 spiro atoms. The van der Waals surface area contributed by atoms with Gasteiger partial charge in [0, 0.05) is 24.1 Å². The number of alkyl halides is 1. The van der Waals surface area contributed by atoms with E-state index >= 15 is 0 Å². The molecule has 3 rings (SSSR count). The Labute approximate surface area is 160 Å². The van der Waals surface area contributed by atoms with Crippen LogP contribution in [0.3, 0.4) is 0 Å². The summed E-state index contributed by atoms with van der Waals surface area (Å²) in [7, 11) is 0. The third kappa shape index (κ3) is 4.31.